The summed E-state index contributed by atoms with van der Waals surface area (Å²) >= 11 is 0. The molecule has 0 saturated carbocycles. The zero-order chi connectivity index (χ0) is 15.6. The molecular formula is C19H20N4. The number of nitrogens with one attached hydrogen (secondary N) is 2. The van der Waals surface area contributed by atoms with Gasteiger partial charge in [-0.1, -0.05) is 36.4 Å². The molecule has 4 rings (SSSR count). The summed E-state index contributed by atoms with van der Waals surface area (Å²) in [4.78, 5) is 7.98. The van der Waals surface area contributed by atoms with Crippen molar-refractivity contribution in [3.63, 3.8) is 0 Å². The molecular weight excluding hydrogens is 284 g/mol. The number of aromatic amines is 1. The van der Waals surface area contributed by atoms with Gasteiger partial charge in [0.25, 0.3) is 0 Å². The topological polar surface area (TPSA) is 66.7 Å². The van der Waals surface area contributed by atoms with Crippen LogP contribution in [0.5, 0.6) is 0 Å². The fraction of sp³-hybridized carbons (Fsp3) is 0.211. The summed E-state index contributed by atoms with van der Waals surface area (Å²) in [6, 6.07) is 16.8. The monoisotopic (exact) mass is 304 g/mol. The van der Waals surface area contributed by atoms with E-state index in [1.807, 2.05) is 24.4 Å². The molecule has 1 saturated heterocycles. The highest BCUT2D eigenvalue weighted by atomic mass is 15.0. The number of rotatable bonds is 3. The van der Waals surface area contributed by atoms with E-state index >= 15 is 0 Å². The van der Waals surface area contributed by atoms with Crippen LogP contribution in [0.3, 0.4) is 0 Å². The van der Waals surface area contributed by atoms with Crippen molar-refractivity contribution in [2.24, 2.45) is 0 Å². The highest BCUT2D eigenvalue weighted by Crippen LogP contribution is 2.27. The molecule has 116 valence electrons. The number of anilines is 1. The lowest BCUT2D eigenvalue weighted by atomic mass is 10.0. The fourth-order valence-electron chi connectivity index (χ4n) is 3.14. The SMILES string of the molecule is Nc1cccc(-c2ccc(-c3cnc(C4CCCN4)[nH]3)cc2)c1. The third kappa shape index (κ3) is 2.85. The van der Waals surface area contributed by atoms with Gasteiger partial charge in [0.15, 0.2) is 0 Å². The predicted molar refractivity (Wildman–Crippen MR) is 93.8 cm³/mol. The summed E-state index contributed by atoms with van der Waals surface area (Å²) in [5.74, 6) is 1.04. The normalized spacial score (nSPS) is 17.5. The van der Waals surface area contributed by atoms with Gasteiger partial charge in [-0.25, -0.2) is 4.98 Å². The third-order valence-corrected chi connectivity index (χ3v) is 4.40. The van der Waals surface area contributed by atoms with E-state index in [0.717, 1.165) is 41.3 Å². The first-order valence-electron chi connectivity index (χ1n) is 8.04. The first-order valence-corrected chi connectivity index (χ1v) is 8.04. The number of nitrogen functional groups attached to an aromatic ring is 1. The summed E-state index contributed by atoms with van der Waals surface area (Å²) in [5, 5.41) is 3.47. The van der Waals surface area contributed by atoms with E-state index in [1.165, 1.54) is 12.0 Å². The van der Waals surface area contributed by atoms with E-state index in [1.54, 1.807) is 0 Å². The molecule has 1 aliphatic heterocycles. The minimum atomic E-state index is 0.371. The van der Waals surface area contributed by atoms with Gasteiger partial charge >= 0.3 is 0 Å². The second kappa shape index (κ2) is 5.89. The van der Waals surface area contributed by atoms with Crippen LogP contribution < -0.4 is 11.1 Å². The molecule has 0 aliphatic carbocycles. The van der Waals surface area contributed by atoms with Gasteiger partial charge in [0.2, 0.25) is 0 Å². The van der Waals surface area contributed by atoms with Gasteiger partial charge in [-0.05, 0) is 48.2 Å². The van der Waals surface area contributed by atoms with Crippen molar-refractivity contribution in [3.8, 4) is 22.4 Å². The van der Waals surface area contributed by atoms with Crippen LogP contribution in [0.25, 0.3) is 22.4 Å². The molecule has 1 aromatic heterocycles. The van der Waals surface area contributed by atoms with Crippen LogP contribution in [0.1, 0.15) is 24.7 Å². The average molecular weight is 304 g/mol. The molecule has 1 fully saturated rings. The molecule has 2 heterocycles. The Labute approximate surface area is 135 Å². The predicted octanol–water partition coefficient (Wildman–Crippen LogP) is 3.75. The van der Waals surface area contributed by atoms with E-state index < -0.39 is 0 Å². The van der Waals surface area contributed by atoms with E-state index in [0.29, 0.717) is 6.04 Å². The van der Waals surface area contributed by atoms with E-state index in [9.17, 15) is 0 Å². The Balaban J connectivity index is 1.58. The average Bonchev–Trinajstić information content (AvgIpc) is 3.26. The molecule has 0 spiro atoms. The Kier molecular flexibility index (Phi) is 3.60. The molecule has 0 radical (unpaired) electrons. The largest absolute Gasteiger partial charge is 0.399 e. The second-order valence-electron chi connectivity index (χ2n) is 6.03. The number of hydrogen-bond acceptors (Lipinski definition) is 3. The molecule has 1 aliphatic rings. The lowest BCUT2D eigenvalue weighted by Crippen LogP contribution is -2.14. The van der Waals surface area contributed by atoms with Crippen molar-refractivity contribution < 1.29 is 0 Å². The second-order valence-corrected chi connectivity index (χ2v) is 6.03. The number of H-pyrrole nitrogens is 1. The Morgan fingerprint density at radius 1 is 1.00 bits per heavy atom. The highest BCUT2D eigenvalue weighted by Gasteiger charge is 2.19. The van der Waals surface area contributed by atoms with E-state index in [4.69, 9.17) is 5.73 Å². The molecule has 3 aromatic rings. The van der Waals surface area contributed by atoms with Crippen molar-refractivity contribution in [1.82, 2.24) is 15.3 Å². The van der Waals surface area contributed by atoms with Crippen LogP contribution in [0.15, 0.2) is 54.7 Å². The quantitative estimate of drug-likeness (QED) is 0.646. The maximum atomic E-state index is 5.86. The van der Waals surface area contributed by atoms with E-state index in [2.05, 4.69) is 45.6 Å². The lowest BCUT2D eigenvalue weighted by molar-refractivity contribution is 0.613. The first kappa shape index (κ1) is 14.0. The van der Waals surface area contributed by atoms with Gasteiger partial charge < -0.3 is 16.0 Å². The summed E-state index contributed by atoms with van der Waals surface area (Å²) in [6.45, 7) is 1.08. The van der Waals surface area contributed by atoms with Crippen LogP contribution in [0.4, 0.5) is 5.69 Å². The van der Waals surface area contributed by atoms with Crippen molar-refractivity contribution >= 4 is 5.69 Å². The Morgan fingerprint density at radius 3 is 2.57 bits per heavy atom. The van der Waals surface area contributed by atoms with Crippen LogP contribution in [0, 0.1) is 0 Å². The Morgan fingerprint density at radius 2 is 1.83 bits per heavy atom. The lowest BCUT2D eigenvalue weighted by Gasteiger charge is -2.06. The van der Waals surface area contributed by atoms with Crippen LogP contribution >= 0.6 is 0 Å². The minimum absolute atomic E-state index is 0.371. The van der Waals surface area contributed by atoms with Crippen molar-refractivity contribution in [2.75, 3.05) is 12.3 Å². The van der Waals surface area contributed by atoms with Gasteiger partial charge in [-0.15, -0.1) is 0 Å². The number of imidazole rings is 1. The number of hydrogen-bond donors (Lipinski definition) is 3. The number of benzene rings is 2. The van der Waals surface area contributed by atoms with Gasteiger partial charge in [0.05, 0.1) is 17.9 Å². The summed E-state index contributed by atoms with van der Waals surface area (Å²) in [7, 11) is 0. The number of nitrogens with zero attached hydrogens (tertiary/aromatic N) is 1. The Hall–Kier alpha value is -2.59. The van der Waals surface area contributed by atoms with Gasteiger partial charge in [0.1, 0.15) is 5.82 Å². The highest BCUT2D eigenvalue weighted by molar-refractivity contribution is 5.70. The Bertz CT molecular complexity index is 798. The van der Waals surface area contributed by atoms with Gasteiger partial charge in [-0.2, -0.15) is 0 Å². The molecule has 2 aromatic carbocycles. The maximum Gasteiger partial charge on any atom is 0.123 e. The minimum Gasteiger partial charge on any atom is -0.399 e. The van der Waals surface area contributed by atoms with E-state index in [-0.39, 0.29) is 0 Å². The standard InChI is InChI=1S/C19H20N4/c20-16-4-1-3-15(11-16)13-6-8-14(9-7-13)18-12-22-19(23-18)17-5-2-10-21-17/h1,3-4,6-9,11-12,17,21H,2,5,10,20H2,(H,22,23). The van der Waals surface area contributed by atoms with Crippen molar-refractivity contribution in [1.29, 1.82) is 0 Å². The maximum absolute atomic E-state index is 5.86. The molecule has 4 heteroatoms. The van der Waals surface area contributed by atoms with Gasteiger partial charge in [-0.3, -0.25) is 0 Å². The summed E-state index contributed by atoms with van der Waals surface area (Å²) in [5.41, 5.74) is 11.2. The molecule has 1 atom stereocenters. The number of nitrogens with two attached hydrogens (primary N) is 1. The van der Waals surface area contributed by atoms with Crippen molar-refractivity contribution in [3.05, 3.63) is 60.6 Å². The molecule has 4 nitrogen and oxygen atoms in total. The molecule has 0 bridgehead atoms. The fourth-order valence-corrected chi connectivity index (χ4v) is 3.14. The van der Waals surface area contributed by atoms with Crippen LogP contribution in [-0.4, -0.2) is 16.5 Å². The molecule has 23 heavy (non-hydrogen) atoms. The van der Waals surface area contributed by atoms with Crippen LogP contribution in [0.2, 0.25) is 0 Å². The molecule has 4 N–H and O–H groups in total. The first-order chi connectivity index (χ1) is 11.3. The summed E-state index contributed by atoms with van der Waals surface area (Å²) < 4.78 is 0. The van der Waals surface area contributed by atoms with Crippen LogP contribution in [-0.2, 0) is 0 Å². The molecule has 1 unspecified atom stereocenters. The number of aromatic nitrogens is 2. The van der Waals surface area contributed by atoms with Crippen molar-refractivity contribution in [2.45, 2.75) is 18.9 Å². The van der Waals surface area contributed by atoms with Gasteiger partial charge in [0, 0.05) is 5.69 Å². The third-order valence-electron chi connectivity index (χ3n) is 4.40. The zero-order valence-electron chi connectivity index (χ0n) is 12.9. The zero-order valence-corrected chi connectivity index (χ0v) is 12.9. The molecule has 0 amide bonds. The summed E-state index contributed by atoms with van der Waals surface area (Å²) in [6.07, 6.45) is 4.29. The smallest absolute Gasteiger partial charge is 0.123 e.